The number of hydrogen-bond acceptors (Lipinski definition) is 1. The van der Waals surface area contributed by atoms with Crippen molar-refractivity contribution in [3.63, 3.8) is 0 Å². The van der Waals surface area contributed by atoms with Crippen LogP contribution in [0.5, 0.6) is 0 Å². The first kappa shape index (κ1) is 11.0. The molecule has 0 aromatic carbocycles. The fourth-order valence-electron chi connectivity index (χ4n) is 1.35. The molecule has 0 spiro atoms. The van der Waals surface area contributed by atoms with Gasteiger partial charge in [0.2, 0.25) is 0 Å². The molecule has 0 aliphatic heterocycles. The third-order valence-corrected chi connectivity index (χ3v) is 2.33. The largest absolute Gasteiger partial charge is 0.359 e. The molecule has 0 radical (unpaired) electrons. The van der Waals surface area contributed by atoms with Crippen molar-refractivity contribution in [2.45, 2.75) is 46.0 Å². The molecule has 0 aliphatic carbocycles. The van der Waals surface area contributed by atoms with E-state index in [1.165, 1.54) is 5.56 Å². The van der Waals surface area contributed by atoms with E-state index in [4.69, 9.17) is 0 Å². The Bertz CT molecular complexity index is 317. The van der Waals surface area contributed by atoms with Crippen LogP contribution in [0.1, 0.15) is 56.6 Å². The van der Waals surface area contributed by atoms with Crippen molar-refractivity contribution in [2.75, 3.05) is 0 Å². The Labute approximate surface area is 85.7 Å². The lowest BCUT2D eigenvalue weighted by atomic mass is 9.89. The summed E-state index contributed by atoms with van der Waals surface area (Å²) in [5.41, 5.74) is 2.05. The fourth-order valence-corrected chi connectivity index (χ4v) is 1.35. The highest BCUT2D eigenvalue weighted by atomic mass is 16.1. The lowest BCUT2D eigenvalue weighted by molar-refractivity contribution is 0.0977. The molecule has 0 fully saturated rings. The normalized spacial score (nSPS) is 11.7. The van der Waals surface area contributed by atoms with Gasteiger partial charge in [0, 0.05) is 12.6 Å². The van der Waals surface area contributed by atoms with E-state index in [2.05, 4.69) is 25.8 Å². The number of carbonyl (C=O) groups is 1. The van der Waals surface area contributed by atoms with E-state index in [1.807, 2.05) is 19.2 Å². The molecule has 0 bridgehead atoms. The van der Waals surface area contributed by atoms with Gasteiger partial charge in [0.1, 0.15) is 0 Å². The number of ketones is 1. The number of carbonyl (C=O) groups excluding carboxylic acids is 1. The number of Topliss-reactive ketones (excluding diaryl/α,β-unsaturated/α-hetero) is 1. The molecule has 0 unspecified atom stereocenters. The van der Waals surface area contributed by atoms with Crippen LogP contribution in [0.2, 0.25) is 0 Å². The first-order chi connectivity index (χ1) is 6.45. The minimum atomic E-state index is 0.112. The third kappa shape index (κ3) is 2.47. The van der Waals surface area contributed by atoms with Crippen LogP contribution in [-0.2, 0) is 5.41 Å². The van der Waals surface area contributed by atoms with Crippen molar-refractivity contribution in [3.8, 4) is 0 Å². The zero-order valence-corrected chi connectivity index (χ0v) is 9.48. The Morgan fingerprint density at radius 3 is 2.50 bits per heavy atom. The SMILES string of the molecule is CCCC(=O)c1cc(C(C)(C)C)c[nH]1. The summed E-state index contributed by atoms with van der Waals surface area (Å²) in [6.45, 7) is 8.45. The standard InChI is InChI=1S/C12H19NO/c1-5-6-11(14)10-7-9(8-13-10)12(2,3)4/h7-8,13H,5-6H2,1-4H3. The van der Waals surface area contributed by atoms with Gasteiger partial charge < -0.3 is 4.98 Å². The second-order valence-corrected chi connectivity index (χ2v) is 4.73. The molecule has 0 amide bonds. The molecule has 0 aliphatic rings. The molecular formula is C12H19NO. The van der Waals surface area contributed by atoms with Crippen molar-refractivity contribution in [3.05, 3.63) is 23.5 Å². The monoisotopic (exact) mass is 193 g/mol. The molecule has 0 saturated carbocycles. The average Bonchev–Trinajstić information content (AvgIpc) is 2.51. The van der Waals surface area contributed by atoms with Gasteiger partial charge in [-0.2, -0.15) is 0 Å². The van der Waals surface area contributed by atoms with Gasteiger partial charge in [-0.1, -0.05) is 27.7 Å². The summed E-state index contributed by atoms with van der Waals surface area (Å²) in [7, 11) is 0. The Kier molecular flexibility index (Phi) is 3.14. The second-order valence-electron chi connectivity index (χ2n) is 4.73. The zero-order valence-electron chi connectivity index (χ0n) is 9.48. The Morgan fingerprint density at radius 2 is 2.07 bits per heavy atom. The van der Waals surface area contributed by atoms with Crippen molar-refractivity contribution < 1.29 is 4.79 Å². The maximum absolute atomic E-state index is 11.6. The molecular weight excluding hydrogens is 174 g/mol. The number of rotatable bonds is 3. The lowest BCUT2D eigenvalue weighted by Gasteiger charge is -2.15. The van der Waals surface area contributed by atoms with E-state index in [9.17, 15) is 4.79 Å². The van der Waals surface area contributed by atoms with E-state index in [0.29, 0.717) is 6.42 Å². The smallest absolute Gasteiger partial charge is 0.178 e. The fraction of sp³-hybridized carbons (Fsp3) is 0.583. The van der Waals surface area contributed by atoms with Gasteiger partial charge in [-0.25, -0.2) is 0 Å². The van der Waals surface area contributed by atoms with E-state index in [-0.39, 0.29) is 11.2 Å². The molecule has 0 atom stereocenters. The first-order valence-corrected chi connectivity index (χ1v) is 5.17. The summed E-state index contributed by atoms with van der Waals surface area (Å²) in [4.78, 5) is 14.6. The predicted octanol–water partition coefficient (Wildman–Crippen LogP) is 3.30. The lowest BCUT2D eigenvalue weighted by Crippen LogP contribution is -2.09. The molecule has 78 valence electrons. The van der Waals surface area contributed by atoms with Gasteiger partial charge in [-0.05, 0) is 23.5 Å². The average molecular weight is 193 g/mol. The van der Waals surface area contributed by atoms with Crippen LogP contribution in [0.15, 0.2) is 12.3 Å². The Hall–Kier alpha value is -1.05. The molecule has 1 rings (SSSR count). The summed E-state index contributed by atoms with van der Waals surface area (Å²) in [5.74, 6) is 0.211. The van der Waals surface area contributed by atoms with E-state index < -0.39 is 0 Å². The number of aromatic amines is 1. The molecule has 2 nitrogen and oxygen atoms in total. The quantitative estimate of drug-likeness (QED) is 0.734. The molecule has 1 heterocycles. The van der Waals surface area contributed by atoms with Crippen LogP contribution in [0.25, 0.3) is 0 Å². The second kappa shape index (κ2) is 3.99. The summed E-state index contributed by atoms with van der Waals surface area (Å²) in [6, 6.07) is 1.97. The number of nitrogens with one attached hydrogen (secondary N) is 1. The minimum Gasteiger partial charge on any atom is -0.359 e. The molecule has 1 aromatic heterocycles. The predicted molar refractivity (Wildman–Crippen MR) is 58.7 cm³/mol. The van der Waals surface area contributed by atoms with Crippen LogP contribution < -0.4 is 0 Å². The van der Waals surface area contributed by atoms with E-state index in [0.717, 1.165) is 12.1 Å². The van der Waals surface area contributed by atoms with Crippen LogP contribution in [0, 0.1) is 0 Å². The first-order valence-electron chi connectivity index (χ1n) is 5.17. The van der Waals surface area contributed by atoms with Gasteiger partial charge in [0.15, 0.2) is 5.78 Å². The summed E-state index contributed by atoms with van der Waals surface area (Å²) >= 11 is 0. The maximum atomic E-state index is 11.6. The van der Waals surface area contributed by atoms with Crippen LogP contribution in [0.4, 0.5) is 0 Å². The third-order valence-electron chi connectivity index (χ3n) is 2.33. The van der Waals surface area contributed by atoms with E-state index >= 15 is 0 Å². The molecule has 0 saturated heterocycles. The van der Waals surface area contributed by atoms with Gasteiger partial charge in [-0.15, -0.1) is 0 Å². The van der Waals surface area contributed by atoms with Crippen molar-refractivity contribution in [1.29, 1.82) is 0 Å². The van der Waals surface area contributed by atoms with Gasteiger partial charge in [0.05, 0.1) is 5.69 Å². The number of hydrogen-bond donors (Lipinski definition) is 1. The van der Waals surface area contributed by atoms with Crippen molar-refractivity contribution in [2.24, 2.45) is 0 Å². The Morgan fingerprint density at radius 1 is 1.43 bits per heavy atom. The van der Waals surface area contributed by atoms with Gasteiger partial charge in [-0.3, -0.25) is 4.79 Å². The minimum absolute atomic E-state index is 0.112. The summed E-state index contributed by atoms with van der Waals surface area (Å²) in [5, 5.41) is 0. The number of H-pyrrole nitrogens is 1. The molecule has 1 aromatic rings. The highest BCUT2D eigenvalue weighted by Gasteiger charge is 2.17. The van der Waals surface area contributed by atoms with Crippen molar-refractivity contribution >= 4 is 5.78 Å². The maximum Gasteiger partial charge on any atom is 0.178 e. The van der Waals surface area contributed by atoms with Crippen LogP contribution in [-0.4, -0.2) is 10.8 Å². The van der Waals surface area contributed by atoms with Gasteiger partial charge in [0.25, 0.3) is 0 Å². The van der Waals surface area contributed by atoms with E-state index in [1.54, 1.807) is 0 Å². The van der Waals surface area contributed by atoms with Crippen LogP contribution in [0.3, 0.4) is 0 Å². The summed E-state index contributed by atoms with van der Waals surface area (Å²) in [6.07, 6.45) is 3.47. The Balaban J connectivity index is 2.83. The number of aromatic nitrogens is 1. The molecule has 14 heavy (non-hydrogen) atoms. The highest BCUT2D eigenvalue weighted by Crippen LogP contribution is 2.23. The van der Waals surface area contributed by atoms with Crippen LogP contribution >= 0.6 is 0 Å². The van der Waals surface area contributed by atoms with Crippen molar-refractivity contribution in [1.82, 2.24) is 4.98 Å². The highest BCUT2D eigenvalue weighted by molar-refractivity contribution is 5.94. The zero-order chi connectivity index (χ0) is 10.8. The van der Waals surface area contributed by atoms with Gasteiger partial charge >= 0.3 is 0 Å². The topological polar surface area (TPSA) is 32.9 Å². The molecule has 2 heteroatoms. The molecule has 1 N–H and O–H groups in total. The summed E-state index contributed by atoms with van der Waals surface area (Å²) < 4.78 is 0.